The molecule has 1 saturated carbocycles. The summed E-state index contributed by atoms with van der Waals surface area (Å²) in [5.41, 5.74) is 3.47. The van der Waals surface area contributed by atoms with E-state index >= 15 is 0 Å². The maximum Gasteiger partial charge on any atom is 0.226 e. The van der Waals surface area contributed by atoms with Gasteiger partial charge in [0.1, 0.15) is 5.82 Å². The quantitative estimate of drug-likeness (QED) is 0.717. The van der Waals surface area contributed by atoms with Gasteiger partial charge in [0.05, 0.1) is 5.92 Å². The first-order valence-electron chi connectivity index (χ1n) is 13.2. The third-order valence-corrected chi connectivity index (χ3v) is 8.07. The molecule has 6 heteroatoms. The third kappa shape index (κ3) is 5.58. The van der Waals surface area contributed by atoms with Crippen LogP contribution in [0.3, 0.4) is 0 Å². The van der Waals surface area contributed by atoms with Crippen LogP contribution in [-0.4, -0.2) is 47.3 Å². The molecule has 35 heavy (non-hydrogen) atoms. The Morgan fingerprint density at radius 1 is 0.971 bits per heavy atom. The largest absolute Gasteiger partial charge is 0.356 e. The molecule has 2 aromatic carbocycles. The number of benzene rings is 2. The third-order valence-electron chi connectivity index (χ3n) is 8.07. The molecule has 3 aliphatic rings. The molecule has 2 fully saturated rings. The predicted octanol–water partition coefficient (Wildman–Crippen LogP) is 4.30. The molecule has 0 spiro atoms. The van der Waals surface area contributed by atoms with Gasteiger partial charge in [0.15, 0.2) is 0 Å². The van der Waals surface area contributed by atoms with E-state index in [2.05, 4.69) is 28.4 Å². The first-order valence-corrected chi connectivity index (χ1v) is 13.2. The lowest BCUT2D eigenvalue weighted by molar-refractivity contribution is -0.136. The standard InChI is InChI=1S/C29H36FN3O2/c30-25-11-7-8-21(16-25)19-32-14-6-2-1-5-13-31-28(34)26-17-24(18-27(26)32)29(35)33-15-12-22-9-3-4-10-23(22)20-33/h3-4,7-11,16,24,26-27H,1-2,5-6,12-15,17-20H2,(H,31,34)/t24-,26-,27+/m1/s1. The number of halogens is 1. The van der Waals surface area contributed by atoms with Crippen LogP contribution in [0.2, 0.25) is 0 Å². The molecular weight excluding hydrogens is 441 g/mol. The zero-order valence-electron chi connectivity index (χ0n) is 20.4. The second kappa shape index (κ2) is 10.9. The number of nitrogens with zero attached hydrogens (tertiary/aromatic N) is 2. The van der Waals surface area contributed by atoms with Gasteiger partial charge < -0.3 is 10.2 Å². The fourth-order valence-electron chi connectivity index (χ4n) is 6.21. The minimum absolute atomic E-state index is 0.0117. The Hall–Kier alpha value is -2.73. The number of amides is 2. The Morgan fingerprint density at radius 2 is 1.80 bits per heavy atom. The smallest absolute Gasteiger partial charge is 0.226 e. The van der Waals surface area contributed by atoms with Gasteiger partial charge in [-0.1, -0.05) is 49.2 Å². The lowest BCUT2D eigenvalue weighted by Gasteiger charge is -2.33. The van der Waals surface area contributed by atoms with Gasteiger partial charge in [-0.15, -0.1) is 0 Å². The molecule has 2 heterocycles. The molecule has 0 unspecified atom stereocenters. The summed E-state index contributed by atoms with van der Waals surface area (Å²) in [6, 6.07) is 15.1. The van der Waals surface area contributed by atoms with Crippen molar-refractivity contribution in [1.29, 1.82) is 0 Å². The van der Waals surface area contributed by atoms with Gasteiger partial charge in [0.2, 0.25) is 11.8 Å². The Balaban J connectivity index is 1.36. The Labute approximate surface area is 207 Å². The highest BCUT2D eigenvalue weighted by Gasteiger charge is 2.45. The minimum Gasteiger partial charge on any atom is -0.356 e. The van der Waals surface area contributed by atoms with E-state index in [4.69, 9.17) is 0 Å². The average molecular weight is 478 g/mol. The van der Waals surface area contributed by atoms with Crippen LogP contribution in [0.25, 0.3) is 0 Å². The Bertz CT molecular complexity index is 1060. The number of carbonyl (C=O) groups excluding carboxylic acids is 2. The van der Waals surface area contributed by atoms with E-state index in [1.807, 2.05) is 17.0 Å². The minimum atomic E-state index is -0.237. The van der Waals surface area contributed by atoms with Gasteiger partial charge in [-0.3, -0.25) is 14.5 Å². The lowest BCUT2D eigenvalue weighted by atomic mass is 9.97. The SMILES string of the molecule is O=C1NCCCCCCN(Cc2cccc(F)c2)[C@H]2C[C@H](C(=O)N3CCc4ccccc4C3)C[C@@H]12. The van der Waals surface area contributed by atoms with E-state index in [0.717, 1.165) is 50.8 Å². The molecule has 3 atom stereocenters. The van der Waals surface area contributed by atoms with E-state index < -0.39 is 0 Å². The molecule has 0 bridgehead atoms. The molecular formula is C29H36FN3O2. The zero-order chi connectivity index (χ0) is 24.2. The van der Waals surface area contributed by atoms with Gasteiger partial charge >= 0.3 is 0 Å². The van der Waals surface area contributed by atoms with E-state index in [0.29, 0.717) is 32.5 Å². The van der Waals surface area contributed by atoms with Crippen molar-refractivity contribution in [2.75, 3.05) is 19.6 Å². The van der Waals surface area contributed by atoms with Crippen LogP contribution in [0.1, 0.15) is 55.2 Å². The topological polar surface area (TPSA) is 52.7 Å². The van der Waals surface area contributed by atoms with Gasteiger partial charge in [-0.2, -0.15) is 0 Å². The molecule has 2 aromatic rings. The van der Waals surface area contributed by atoms with Gasteiger partial charge in [0, 0.05) is 38.1 Å². The van der Waals surface area contributed by atoms with Crippen LogP contribution in [0, 0.1) is 17.7 Å². The first kappa shape index (κ1) is 24.0. The van der Waals surface area contributed by atoms with Gasteiger partial charge in [0.25, 0.3) is 0 Å². The summed E-state index contributed by atoms with van der Waals surface area (Å²) in [4.78, 5) is 31.3. The van der Waals surface area contributed by atoms with Crippen molar-refractivity contribution in [2.24, 2.45) is 11.8 Å². The molecule has 0 aromatic heterocycles. The maximum absolute atomic E-state index is 13.9. The van der Waals surface area contributed by atoms with E-state index in [-0.39, 0.29) is 35.5 Å². The maximum atomic E-state index is 13.9. The highest BCUT2D eigenvalue weighted by molar-refractivity contribution is 5.84. The van der Waals surface area contributed by atoms with Crippen molar-refractivity contribution in [2.45, 2.75) is 64.1 Å². The van der Waals surface area contributed by atoms with Crippen LogP contribution >= 0.6 is 0 Å². The van der Waals surface area contributed by atoms with Crippen molar-refractivity contribution >= 4 is 11.8 Å². The zero-order valence-corrected chi connectivity index (χ0v) is 20.4. The van der Waals surface area contributed by atoms with Crippen molar-refractivity contribution in [3.63, 3.8) is 0 Å². The molecule has 186 valence electrons. The van der Waals surface area contributed by atoms with E-state index in [9.17, 15) is 14.0 Å². The summed E-state index contributed by atoms with van der Waals surface area (Å²) < 4.78 is 13.9. The Kier molecular flexibility index (Phi) is 7.47. The summed E-state index contributed by atoms with van der Waals surface area (Å²) in [5, 5.41) is 3.15. The molecule has 0 radical (unpaired) electrons. The summed E-state index contributed by atoms with van der Waals surface area (Å²) in [6.07, 6.45) is 6.41. The van der Waals surface area contributed by atoms with E-state index in [1.54, 1.807) is 12.1 Å². The predicted molar refractivity (Wildman–Crippen MR) is 134 cm³/mol. The highest BCUT2D eigenvalue weighted by atomic mass is 19.1. The van der Waals surface area contributed by atoms with Crippen molar-refractivity contribution in [3.05, 3.63) is 71.0 Å². The molecule has 1 N–H and O–H groups in total. The van der Waals surface area contributed by atoms with Gasteiger partial charge in [-0.25, -0.2) is 4.39 Å². The van der Waals surface area contributed by atoms with Crippen LogP contribution in [0.15, 0.2) is 48.5 Å². The number of nitrogens with one attached hydrogen (secondary N) is 1. The van der Waals surface area contributed by atoms with Crippen LogP contribution in [-0.2, 0) is 29.1 Å². The lowest BCUT2D eigenvalue weighted by Crippen LogP contribution is -2.44. The Morgan fingerprint density at radius 3 is 2.66 bits per heavy atom. The highest BCUT2D eigenvalue weighted by Crippen LogP contribution is 2.38. The van der Waals surface area contributed by atoms with Crippen LogP contribution < -0.4 is 5.32 Å². The fraction of sp³-hybridized carbons (Fsp3) is 0.517. The summed E-state index contributed by atoms with van der Waals surface area (Å²) in [5.74, 6) is -0.357. The number of carbonyl (C=O) groups is 2. The summed E-state index contributed by atoms with van der Waals surface area (Å²) in [7, 11) is 0. The second-order valence-electron chi connectivity index (χ2n) is 10.4. The summed E-state index contributed by atoms with van der Waals surface area (Å²) in [6.45, 7) is 3.56. The van der Waals surface area contributed by atoms with Crippen LogP contribution in [0.5, 0.6) is 0 Å². The molecule has 5 nitrogen and oxygen atoms in total. The van der Waals surface area contributed by atoms with Crippen molar-refractivity contribution in [3.8, 4) is 0 Å². The summed E-state index contributed by atoms with van der Waals surface area (Å²) >= 11 is 0. The monoisotopic (exact) mass is 477 g/mol. The first-order chi connectivity index (χ1) is 17.1. The normalized spacial score (nSPS) is 25.8. The number of hydrogen-bond acceptors (Lipinski definition) is 3. The molecule has 1 saturated heterocycles. The fourth-order valence-corrected chi connectivity index (χ4v) is 6.21. The molecule has 2 amide bonds. The van der Waals surface area contributed by atoms with Crippen LogP contribution in [0.4, 0.5) is 4.39 Å². The molecule has 2 aliphatic heterocycles. The number of fused-ring (bicyclic) bond motifs is 2. The molecule has 1 aliphatic carbocycles. The van der Waals surface area contributed by atoms with Crippen molar-refractivity contribution < 1.29 is 14.0 Å². The van der Waals surface area contributed by atoms with Gasteiger partial charge in [-0.05, 0) is 67.5 Å². The molecule has 5 rings (SSSR count). The van der Waals surface area contributed by atoms with E-state index in [1.165, 1.54) is 17.2 Å². The van der Waals surface area contributed by atoms with Crippen molar-refractivity contribution in [1.82, 2.24) is 15.1 Å². The second-order valence-corrected chi connectivity index (χ2v) is 10.4. The average Bonchev–Trinajstić information content (AvgIpc) is 3.31. The number of rotatable bonds is 3. The number of hydrogen-bond donors (Lipinski definition) is 1.